The molecular weight excluding hydrogens is 188 g/mol. The number of hydrogen-bond donors (Lipinski definition) is 2. The number of hydrogen-bond acceptors (Lipinski definition) is 2. The normalized spacial score (nSPS) is 16.0. The van der Waals surface area contributed by atoms with Gasteiger partial charge in [0.2, 0.25) is 0 Å². The Hall–Kier alpha value is -1.35. The van der Waals surface area contributed by atoms with E-state index in [2.05, 4.69) is 0 Å². The lowest BCUT2D eigenvalue weighted by molar-refractivity contribution is -0.00866. The maximum atomic E-state index is 7.26. The molecule has 3 heteroatoms. The lowest BCUT2D eigenvalue weighted by Crippen LogP contribution is -2.21. The molecule has 0 heterocycles. The predicted molar refractivity (Wildman–Crippen MR) is 59.9 cm³/mol. The smallest absolute Gasteiger partial charge is 0.122 e. The van der Waals surface area contributed by atoms with E-state index in [1.165, 1.54) is 19.3 Å². The van der Waals surface area contributed by atoms with Gasteiger partial charge >= 0.3 is 0 Å². The standard InChI is InChI=1S/C12H16N2O/c13-12(14)10-6-4-9(5-7-10)8-15-11-2-1-3-11/h4-7,11H,1-3,8H2,(H3,13,14). The molecule has 0 atom stereocenters. The van der Waals surface area contributed by atoms with Crippen LogP contribution < -0.4 is 5.73 Å². The fourth-order valence-electron chi connectivity index (χ4n) is 1.53. The van der Waals surface area contributed by atoms with E-state index in [9.17, 15) is 0 Å². The Morgan fingerprint density at radius 1 is 1.33 bits per heavy atom. The largest absolute Gasteiger partial charge is 0.384 e. The minimum atomic E-state index is 0.112. The Morgan fingerprint density at radius 3 is 2.47 bits per heavy atom. The SMILES string of the molecule is N=C(N)c1ccc(COC2CCC2)cc1. The van der Waals surface area contributed by atoms with E-state index in [-0.39, 0.29) is 5.84 Å². The van der Waals surface area contributed by atoms with Gasteiger partial charge < -0.3 is 10.5 Å². The van der Waals surface area contributed by atoms with E-state index >= 15 is 0 Å². The third kappa shape index (κ3) is 2.57. The molecule has 1 aliphatic rings. The van der Waals surface area contributed by atoms with Gasteiger partial charge in [-0.2, -0.15) is 0 Å². The molecule has 0 spiro atoms. The quantitative estimate of drug-likeness (QED) is 0.582. The molecule has 80 valence electrons. The molecule has 0 aromatic heterocycles. The van der Waals surface area contributed by atoms with Gasteiger partial charge in [-0.05, 0) is 24.8 Å². The van der Waals surface area contributed by atoms with Gasteiger partial charge in [0.15, 0.2) is 0 Å². The van der Waals surface area contributed by atoms with Gasteiger partial charge in [-0.25, -0.2) is 0 Å². The number of benzene rings is 1. The fourth-order valence-corrected chi connectivity index (χ4v) is 1.53. The number of amidine groups is 1. The van der Waals surface area contributed by atoms with E-state index in [4.69, 9.17) is 15.9 Å². The van der Waals surface area contributed by atoms with Crippen LogP contribution in [-0.4, -0.2) is 11.9 Å². The fraction of sp³-hybridized carbons (Fsp3) is 0.417. The van der Waals surface area contributed by atoms with Crippen LogP contribution in [0.4, 0.5) is 0 Å². The summed E-state index contributed by atoms with van der Waals surface area (Å²) in [5.41, 5.74) is 7.28. The number of ether oxygens (including phenoxy) is 1. The maximum absolute atomic E-state index is 7.26. The number of rotatable bonds is 4. The second-order valence-corrected chi connectivity index (χ2v) is 3.97. The van der Waals surface area contributed by atoms with Crippen LogP contribution in [0.1, 0.15) is 30.4 Å². The molecule has 1 aromatic carbocycles. The highest BCUT2D eigenvalue weighted by Crippen LogP contribution is 2.23. The Bertz CT molecular complexity index is 341. The molecule has 3 N–H and O–H groups in total. The first-order chi connectivity index (χ1) is 7.25. The van der Waals surface area contributed by atoms with Crippen molar-refractivity contribution in [2.45, 2.75) is 32.0 Å². The average molecular weight is 204 g/mol. The number of nitrogens with one attached hydrogen (secondary N) is 1. The summed E-state index contributed by atoms with van der Waals surface area (Å²) in [7, 11) is 0. The summed E-state index contributed by atoms with van der Waals surface area (Å²) in [4.78, 5) is 0. The Balaban J connectivity index is 1.88. The van der Waals surface area contributed by atoms with Crippen LogP contribution in [0.5, 0.6) is 0 Å². The van der Waals surface area contributed by atoms with Crippen molar-refractivity contribution in [2.24, 2.45) is 5.73 Å². The van der Waals surface area contributed by atoms with Crippen molar-refractivity contribution in [1.29, 1.82) is 5.41 Å². The zero-order valence-corrected chi connectivity index (χ0v) is 8.70. The average Bonchev–Trinajstić information content (AvgIpc) is 2.16. The second kappa shape index (κ2) is 4.45. The summed E-state index contributed by atoms with van der Waals surface area (Å²) in [5.74, 6) is 0.112. The molecule has 0 radical (unpaired) electrons. The molecule has 1 fully saturated rings. The first-order valence-corrected chi connectivity index (χ1v) is 5.30. The van der Waals surface area contributed by atoms with Gasteiger partial charge in [-0.1, -0.05) is 24.3 Å². The monoisotopic (exact) mass is 204 g/mol. The summed E-state index contributed by atoms with van der Waals surface area (Å²) in [6.45, 7) is 0.669. The van der Waals surface area contributed by atoms with Crippen LogP contribution in [0, 0.1) is 5.41 Å². The van der Waals surface area contributed by atoms with Crippen LogP contribution in [-0.2, 0) is 11.3 Å². The Kier molecular flexibility index (Phi) is 3.02. The van der Waals surface area contributed by atoms with Crippen molar-refractivity contribution in [3.8, 4) is 0 Å². The number of nitrogens with two attached hydrogens (primary N) is 1. The van der Waals surface area contributed by atoms with Crippen molar-refractivity contribution in [3.63, 3.8) is 0 Å². The molecule has 2 rings (SSSR count). The molecule has 0 aliphatic heterocycles. The van der Waals surface area contributed by atoms with E-state index in [0.717, 1.165) is 11.1 Å². The predicted octanol–water partition coefficient (Wildman–Crippen LogP) is 2.04. The van der Waals surface area contributed by atoms with Gasteiger partial charge in [-0.15, -0.1) is 0 Å². The summed E-state index contributed by atoms with van der Waals surface area (Å²) in [6.07, 6.45) is 4.17. The zero-order chi connectivity index (χ0) is 10.7. The zero-order valence-electron chi connectivity index (χ0n) is 8.70. The Labute approximate surface area is 89.8 Å². The second-order valence-electron chi connectivity index (χ2n) is 3.97. The lowest BCUT2D eigenvalue weighted by atomic mass is 9.96. The molecule has 0 bridgehead atoms. The highest BCUT2D eigenvalue weighted by atomic mass is 16.5. The molecule has 1 aromatic rings. The van der Waals surface area contributed by atoms with Gasteiger partial charge in [0.1, 0.15) is 5.84 Å². The van der Waals surface area contributed by atoms with Crippen LogP contribution in [0.3, 0.4) is 0 Å². The van der Waals surface area contributed by atoms with Crippen LogP contribution in [0.15, 0.2) is 24.3 Å². The van der Waals surface area contributed by atoms with Crippen molar-refractivity contribution < 1.29 is 4.74 Å². The number of nitrogen functional groups attached to an aromatic ring is 1. The molecular formula is C12H16N2O. The van der Waals surface area contributed by atoms with Crippen molar-refractivity contribution in [1.82, 2.24) is 0 Å². The minimum Gasteiger partial charge on any atom is -0.384 e. The third-order valence-corrected chi connectivity index (χ3v) is 2.80. The first kappa shape index (κ1) is 10.2. The van der Waals surface area contributed by atoms with Gasteiger partial charge in [0.05, 0.1) is 12.7 Å². The van der Waals surface area contributed by atoms with Crippen LogP contribution in [0.2, 0.25) is 0 Å². The van der Waals surface area contributed by atoms with Crippen molar-refractivity contribution in [2.75, 3.05) is 0 Å². The molecule has 0 unspecified atom stereocenters. The highest BCUT2D eigenvalue weighted by Gasteiger charge is 2.17. The van der Waals surface area contributed by atoms with E-state index in [1.54, 1.807) is 0 Å². The van der Waals surface area contributed by atoms with E-state index < -0.39 is 0 Å². The van der Waals surface area contributed by atoms with E-state index in [0.29, 0.717) is 12.7 Å². The van der Waals surface area contributed by atoms with Gasteiger partial charge in [0, 0.05) is 5.56 Å². The lowest BCUT2D eigenvalue weighted by Gasteiger charge is -2.25. The third-order valence-electron chi connectivity index (χ3n) is 2.80. The first-order valence-electron chi connectivity index (χ1n) is 5.30. The van der Waals surface area contributed by atoms with Crippen molar-refractivity contribution >= 4 is 5.84 Å². The maximum Gasteiger partial charge on any atom is 0.122 e. The summed E-state index contributed by atoms with van der Waals surface area (Å²) < 4.78 is 5.68. The molecule has 3 nitrogen and oxygen atoms in total. The molecule has 1 aliphatic carbocycles. The van der Waals surface area contributed by atoms with Crippen molar-refractivity contribution in [3.05, 3.63) is 35.4 Å². The van der Waals surface area contributed by atoms with Gasteiger partial charge in [-0.3, -0.25) is 5.41 Å². The minimum absolute atomic E-state index is 0.112. The molecule has 0 amide bonds. The topological polar surface area (TPSA) is 59.1 Å². The summed E-state index contributed by atoms with van der Waals surface area (Å²) in [5, 5.41) is 7.26. The van der Waals surface area contributed by atoms with E-state index in [1.807, 2.05) is 24.3 Å². The summed E-state index contributed by atoms with van der Waals surface area (Å²) >= 11 is 0. The van der Waals surface area contributed by atoms with Gasteiger partial charge in [0.25, 0.3) is 0 Å². The Morgan fingerprint density at radius 2 is 2.00 bits per heavy atom. The molecule has 15 heavy (non-hydrogen) atoms. The molecule has 0 saturated heterocycles. The van der Waals surface area contributed by atoms with Crippen LogP contribution in [0.25, 0.3) is 0 Å². The van der Waals surface area contributed by atoms with Crippen LogP contribution >= 0.6 is 0 Å². The highest BCUT2D eigenvalue weighted by molar-refractivity contribution is 5.94. The molecule has 1 saturated carbocycles. The summed E-state index contributed by atoms with van der Waals surface area (Å²) in [6, 6.07) is 7.66.